The molecule has 8 nitrogen and oxygen atoms in total. The zero-order valence-electron chi connectivity index (χ0n) is 18.1. The number of nitrogens with zero attached hydrogens (tertiary/aromatic N) is 3. The van der Waals surface area contributed by atoms with Gasteiger partial charge in [-0.25, -0.2) is 12.7 Å². The third-order valence-electron chi connectivity index (χ3n) is 5.59. The van der Waals surface area contributed by atoms with Gasteiger partial charge in [0.2, 0.25) is 10.0 Å². The fourth-order valence-electron chi connectivity index (χ4n) is 3.50. The number of aromatic hydroxyl groups is 1. The van der Waals surface area contributed by atoms with Crippen molar-refractivity contribution in [2.75, 3.05) is 40.3 Å². The number of piperazine rings is 1. The molecule has 1 saturated heterocycles. The normalized spacial score (nSPS) is 14.7. The van der Waals surface area contributed by atoms with Crippen LogP contribution in [0.3, 0.4) is 0 Å². The van der Waals surface area contributed by atoms with Gasteiger partial charge in [-0.3, -0.25) is 9.59 Å². The summed E-state index contributed by atoms with van der Waals surface area (Å²) >= 11 is 0. The molecule has 0 saturated carbocycles. The van der Waals surface area contributed by atoms with Crippen LogP contribution in [0.2, 0.25) is 0 Å². The van der Waals surface area contributed by atoms with E-state index in [1.165, 1.54) is 32.3 Å². The molecule has 1 aliphatic heterocycles. The molecule has 0 bridgehead atoms. The van der Waals surface area contributed by atoms with E-state index in [1.54, 1.807) is 41.8 Å². The van der Waals surface area contributed by atoms with Gasteiger partial charge < -0.3 is 14.9 Å². The van der Waals surface area contributed by atoms with Gasteiger partial charge in [0.15, 0.2) is 0 Å². The molecule has 1 heterocycles. The molecular formula is C22H27N3O5S. The molecule has 31 heavy (non-hydrogen) atoms. The molecule has 2 amide bonds. The van der Waals surface area contributed by atoms with Gasteiger partial charge in [0.05, 0.1) is 4.90 Å². The highest BCUT2D eigenvalue weighted by Crippen LogP contribution is 2.24. The molecule has 9 heteroatoms. The molecule has 1 fully saturated rings. The van der Waals surface area contributed by atoms with Crippen LogP contribution >= 0.6 is 0 Å². The van der Waals surface area contributed by atoms with Gasteiger partial charge in [-0.15, -0.1) is 0 Å². The topological polar surface area (TPSA) is 98.2 Å². The second-order valence-corrected chi connectivity index (χ2v) is 9.96. The average molecular weight is 446 g/mol. The number of carbonyl (C=O) groups is 2. The summed E-state index contributed by atoms with van der Waals surface area (Å²) in [6.45, 7) is 4.97. The maximum atomic E-state index is 13.1. The lowest BCUT2D eigenvalue weighted by Crippen LogP contribution is -2.50. The highest BCUT2D eigenvalue weighted by atomic mass is 32.2. The Kier molecular flexibility index (Phi) is 6.38. The fourth-order valence-corrected chi connectivity index (χ4v) is 4.71. The summed E-state index contributed by atoms with van der Waals surface area (Å²) in [6, 6.07) is 9.21. The first-order chi connectivity index (χ1) is 14.5. The van der Waals surface area contributed by atoms with Crippen molar-refractivity contribution in [3.05, 3.63) is 58.7 Å². The average Bonchev–Trinajstić information content (AvgIpc) is 2.75. The first-order valence-corrected chi connectivity index (χ1v) is 11.4. The van der Waals surface area contributed by atoms with Gasteiger partial charge in [-0.05, 0) is 61.4 Å². The number of hydrogen-bond acceptors (Lipinski definition) is 5. The van der Waals surface area contributed by atoms with E-state index in [2.05, 4.69) is 0 Å². The molecule has 0 spiro atoms. The van der Waals surface area contributed by atoms with Crippen LogP contribution in [-0.4, -0.2) is 79.7 Å². The lowest BCUT2D eigenvalue weighted by molar-refractivity contribution is 0.0535. The van der Waals surface area contributed by atoms with E-state index >= 15 is 0 Å². The molecule has 2 aromatic rings. The number of benzene rings is 2. The van der Waals surface area contributed by atoms with E-state index < -0.39 is 10.0 Å². The third kappa shape index (κ3) is 4.57. The lowest BCUT2D eigenvalue weighted by atomic mass is 10.0. The maximum Gasteiger partial charge on any atom is 0.254 e. The van der Waals surface area contributed by atoms with Crippen LogP contribution in [0.15, 0.2) is 41.3 Å². The summed E-state index contributed by atoms with van der Waals surface area (Å²) in [5.41, 5.74) is 2.15. The van der Waals surface area contributed by atoms with Gasteiger partial charge in [0.25, 0.3) is 11.8 Å². The molecular weight excluding hydrogens is 418 g/mol. The van der Waals surface area contributed by atoms with Gasteiger partial charge in [-0.1, -0.05) is 0 Å². The maximum absolute atomic E-state index is 13.1. The molecule has 3 rings (SSSR count). The Bertz CT molecular complexity index is 1100. The zero-order chi connectivity index (χ0) is 22.9. The number of sulfonamides is 1. The van der Waals surface area contributed by atoms with Crippen molar-refractivity contribution in [3.8, 4) is 5.75 Å². The standard InChI is InChI=1S/C22H27N3O5S/c1-15-13-18(14-20(16(15)2)31(29,30)23(3)4)22(28)25-11-9-24(10-12-25)21(27)17-5-7-19(26)8-6-17/h5-8,13-14,26H,9-12H2,1-4H3. The van der Waals surface area contributed by atoms with Crippen LogP contribution in [-0.2, 0) is 10.0 Å². The van der Waals surface area contributed by atoms with Crippen LogP contribution in [0.4, 0.5) is 0 Å². The van der Waals surface area contributed by atoms with Gasteiger partial charge in [-0.2, -0.15) is 0 Å². The summed E-state index contributed by atoms with van der Waals surface area (Å²) in [4.78, 5) is 29.1. The Balaban J connectivity index is 1.76. The van der Waals surface area contributed by atoms with E-state index in [9.17, 15) is 23.1 Å². The number of carbonyl (C=O) groups excluding carboxylic acids is 2. The van der Waals surface area contributed by atoms with Crippen LogP contribution in [0.25, 0.3) is 0 Å². The minimum atomic E-state index is -3.68. The van der Waals surface area contributed by atoms with Crippen molar-refractivity contribution in [2.45, 2.75) is 18.7 Å². The number of phenols is 1. The van der Waals surface area contributed by atoms with Gasteiger partial charge in [0, 0.05) is 51.4 Å². The summed E-state index contributed by atoms with van der Waals surface area (Å²) in [6.07, 6.45) is 0. The molecule has 1 N–H and O–H groups in total. The smallest absolute Gasteiger partial charge is 0.254 e. The van der Waals surface area contributed by atoms with E-state index in [0.29, 0.717) is 42.9 Å². The predicted octanol–water partition coefficient (Wildman–Crippen LogP) is 1.86. The number of phenolic OH excluding ortho intramolecular Hbond substituents is 1. The Labute approximate surface area is 182 Å². The van der Waals surface area contributed by atoms with E-state index in [-0.39, 0.29) is 22.5 Å². The Morgan fingerprint density at radius 1 is 0.871 bits per heavy atom. The summed E-state index contributed by atoms with van der Waals surface area (Å²) in [7, 11) is -0.756. The predicted molar refractivity (Wildman–Crippen MR) is 117 cm³/mol. The summed E-state index contributed by atoms with van der Waals surface area (Å²) in [5.74, 6) is -0.316. The molecule has 0 atom stereocenters. The van der Waals surface area contributed by atoms with Crippen LogP contribution in [0.1, 0.15) is 31.8 Å². The monoisotopic (exact) mass is 445 g/mol. The minimum Gasteiger partial charge on any atom is -0.508 e. The van der Waals surface area contributed by atoms with Crippen LogP contribution in [0, 0.1) is 13.8 Å². The van der Waals surface area contributed by atoms with Gasteiger partial charge in [0.1, 0.15) is 5.75 Å². The van der Waals surface area contributed by atoms with Crippen LogP contribution in [0.5, 0.6) is 5.75 Å². The highest BCUT2D eigenvalue weighted by Gasteiger charge is 2.28. The van der Waals surface area contributed by atoms with Crippen molar-refractivity contribution < 1.29 is 23.1 Å². The first kappa shape index (κ1) is 22.8. The van der Waals surface area contributed by atoms with Gasteiger partial charge >= 0.3 is 0 Å². The van der Waals surface area contributed by atoms with Crippen molar-refractivity contribution in [3.63, 3.8) is 0 Å². The second kappa shape index (κ2) is 8.68. The number of hydrogen-bond donors (Lipinski definition) is 1. The molecule has 0 radical (unpaired) electrons. The number of aryl methyl sites for hydroxylation is 1. The molecule has 166 valence electrons. The molecule has 1 aliphatic rings. The Morgan fingerprint density at radius 3 is 1.84 bits per heavy atom. The third-order valence-corrected chi connectivity index (χ3v) is 7.53. The zero-order valence-corrected chi connectivity index (χ0v) is 18.9. The van der Waals surface area contributed by atoms with E-state index in [4.69, 9.17) is 0 Å². The Morgan fingerprint density at radius 2 is 1.35 bits per heavy atom. The highest BCUT2D eigenvalue weighted by molar-refractivity contribution is 7.89. The quantitative estimate of drug-likeness (QED) is 0.775. The Hall–Kier alpha value is -2.91. The minimum absolute atomic E-state index is 0.0935. The molecule has 0 aromatic heterocycles. The number of rotatable bonds is 4. The lowest BCUT2D eigenvalue weighted by Gasteiger charge is -2.35. The van der Waals surface area contributed by atoms with Crippen LogP contribution < -0.4 is 0 Å². The first-order valence-electron chi connectivity index (χ1n) is 9.93. The van der Waals surface area contributed by atoms with Crippen molar-refractivity contribution in [1.82, 2.24) is 14.1 Å². The largest absolute Gasteiger partial charge is 0.508 e. The molecule has 0 aliphatic carbocycles. The second-order valence-electron chi connectivity index (χ2n) is 7.83. The number of amides is 2. The van der Waals surface area contributed by atoms with Crippen molar-refractivity contribution in [2.24, 2.45) is 0 Å². The van der Waals surface area contributed by atoms with E-state index in [1.807, 2.05) is 0 Å². The fraction of sp³-hybridized carbons (Fsp3) is 0.364. The SMILES string of the molecule is Cc1cc(C(=O)N2CCN(C(=O)c3ccc(O)cc3)CC2)cc(S(=O)(=O)N(C)C)c1C. The van der Waals surface area contributed by atoms with E-state index in [0.717, 1.165) is 9.87 Å². The van der Waals surface area contributed by atoms with Crippen molar-refractivity contribution in [1.29, 1.82) is 0 Å². The summed E-state index contributed by atoms with van der Waals surface area (Å²) < 4.78 is 26.5. The summed E-state index contributed by atoms with van der Waals surface area (Å²) in [5, 5.41) is 9.38. The van der Waals surface area contributed by atoms with Crippen molar-refractivity contribution >= 4 is 21.8 Å². The molecule has 2 aromatic carbocycles. The molecule has 0 unspecified atom stereocenters.